The molecule has 0 aliphatic rings. The van der Waals surface area contributed by atoms with Crippen LogP contribution in [0, 0.1) is 6.92 Å². The van der Waals surface area contributed by atoms with Crippen LogP contribution >= 0.6 is 0 Å². The number of hydrogen-bond donors (Lipinski definition) is 3. The zero-order valence-electron chi connectivity index (χ0n) is 17.2. The van der Waals surface area contributed by atoms with E-state index in [0.717, 1.165) is 16.0 Å². The normalized spacial score (nSPS) is 11.6. The number of hydrogen-bond acceptors (Lipinski definition) is 5. The van der Waals surface area contributed by atoms with E-state index in [2.05, 4.69) is 15.8 Å². The molecule has 3 aromatic rings. The fraction of sp³-hybridized carbons (Fsp3) is 0.227. The van der Waals surface area contributed by atoms with Crippen LogP contribution in [0.3, 0.4) is 0 Å². The smallest absolute Gasteiger partial charge is 0.281 e. The fourth-order valence-electron chi connectivity index (χ4n) is 2.89. The van der Waals surface area contributed by atoms with E-state index in [1.807, 2.05) is 31.2 Å². The van der Waals surface area contributed by atoms with Crippen LogP contribution in [0.1, 0.15) is 5.56 Å². The lowest BCUT2D eigenvalue weighted by molar-refractivity contribution is -0.862. The minimum Gasteiger partial charge on any atom is -0.497 e. The molecule has 8 nitrogen and oxygen atoms in total. The number of carbonyl (C=O) groups is 2. The molecule has 2 aromatic carbocycles. The van der Waals surface area contributed by atoms with Crippen molar-refractivity contribution in [1.29, 1.82) is 0 Å². The highest BCUT2D eigenvalue weighted by Gasteiger charge is 2.16. The minimum absolute atomic E-state index is 0.103. The van der Waals surface area contributed by atoms with Crippen molar-refractivity contribution in [3.05, 3.63) is 60.2 Å². The van der Waals surface area contributed by atoms with Gasteiger partial charge in [-0.05, 0) is 19.1 Å². The summed E-state index contributed by atoms with van der Waals surface area (Å²) in [7, 11) is 3.33. The predicted molar refractivity (Wildman–Crippen MR) is 114 cm³/mol. The monoisotopic (exact) mass is 409 g/mol. The van der Waals surface area contributed by atoms with Gasteiger partial charge in [-0.25, -0.2) is 0 Å². The van der Waals surface area contributed by atoms with Gasteiger partial charge in [0.15, 0.2) is 13.1 Å². The molecule has 0 spiro atoms. The molecule has 1 aromatic heterocycles. The molecule has 1 heterocycles. The van der Waals surface area contributed by atoms with E-state index in [-0.39, 0.29) is 30.8 Å². The third-order valence-corrected chi connectivity index (χ3v) is 4.40. The molecule has 0 aliphatic heterocycles. The third kappa shape index (κ3) is 5.92. The molecule has 0 fully saturated rings. The maximum atomic E-state index is 12.3. The van der Waals surface area contributed by atoms with Gasteiger partial charge in [-0.15, -0.1) is 0 Å². The number of benzene rings is 2. The maximum absolute atomic E-state index is 12.3. The fourth-order valence-corrected chi connectivity index (χ4v) is 2.89. The SMILES string of the molecule is COc1cccc(NC(=O)C[NH+](C)CC(=O)Nc2cc(-c3ccc(C)cc3)no2)c1. The summed E-state index contributed by atoms with van der Waals surface area (Å²) in [5, 5.41) is 9.46. The van der Waals surface area contributed by atoms with Gasteiger partial charge in [0, 0.05) is 23.4 Å². The Kier molecular flexibility index (Phi) is 6.82. The van der Waals surface area contributed by atoms with Gasteiger partial charge in [-0.2, -0.15) is 0 Å². The van der Waals surface area contributed by atoms with Crippen molar-refractivity contribution in [2.75, 3.05) is 37.9 Å². The Morgan fingerprint density at radius 3 is 2.43 bits per heavy atom. The molecule has 2 amide bonds. The van der Waals surface area contributed by atoms with Crippen LogP contribution in [0.4, 0.5) is 11.6 Å². The summed E-state index contributed by atoms with van der Waals surface area (Å²) in [6, 6.07) is 16.6. The van der Waals surface area contributed by atoms with Gasteiger partial charge in [-0.3, -0.25) is 14.9 Å². The van der Waals surface area contributed by atoms with Crippen molar-refractivity contribution in [2.24, 2.45) is 0 Å². The van der Waals surface area contributed by atoms with Crippen molar-refractivity contribution in [3.8, 4) is 17.0 Å². The first-order chi connectivity index (χ1) is 14.4. The number of carbonyl (C=O) groups excluding carboxylic acids is 2. The highest BCUT2D eigenvalue weighted by molar-refractivity contribution is 5.93. The minimum atomic E-state index is -0.270. The van der Waals surface area contributed by atoms with E-state index in [1.165, 1.54) is 0 Å². The number of likely N-dealkylation sites (N-methyl/N-ethyl adjacent to an activating group) is 1. The average molecular weight is 409 g/mol. The molecule has 0 saturated heterocycles. The van der Waals surface area contributed by atoms with Gasteiger partial charge in [0.2, 0.25) is 5.88 Å². The van der Waals surface area contributed by atoms with Crippen LogP contribution < -0.4 is 20.3 Å². The molecule has 0 radical (unpaired) electrons. The molecule has 0 aliphatic carbocycles. The number of rotatable bonds is 8. The summed E-state index contributed by atoms with van der Waals surface area (Å²) < 4.78 is 10.3. The highest BCUT2D eigenvalue weighted by Crippen LogP contribution is 2.21. The molecule has 0 saturated carbocycles. The second kappa shape index (κ2) is 9.71. The van der Waals surface area contributed by atoms with Gasteiger partial charge in [0.25, 0.3) is 11.8 Å². The van der Waals surface area contributed by atoms with E-state index < -0.39 is 0 Å². The number of quaternary nitrogens is 1. The first-order valence-corrected chi connectivity index (χ1v) is 9.52. The van der Waals surface area contributed by atoms with E-state index in [1.54, 1.807) is 44.5 Å². The molecule has 30 heavy (non-hydrogen) atoms. The van der Waals surface area contributed by atoms with Crippen LogP contribution in [0.5, 0.6) is 5.75 Å². The summed E-state index contributed by atoms with van der Waals surface area (Å²) >= 11 is 0. The molecular formula is C22H25N4O4+. The molecule has 0 bridgehead atoms. The first kappa shape index (κ1) is 21.1. The number of aromatic nitrogens is 1. The van der Waals surface area contributed by atoms with E-state index in [9.17, 15) is 9.59 Å². The number of amides is 2. The van der Waals surface area contributed by atoms with Crippen LogP contribution in [-0.2, 0) is 9.59 Å². The standard InChI is InChI=1S/C22H24N4O4/c1-15-7-9-16(10-8-15)19-12-22(30-25-19)24-21(28)14-26(2)13-20(27)23-17-5-4-6-18(11-17)29-3/h4-12H,13-14H2,1-3H3,(H,23,27)(H,24,28)/p+1. The van der Waals surface area contributed by atoms with Gasteiger partial charge in [0.1, 0.15) is 11.4 Å². The van der Waals surface area contributed by atoms with Gasteiger partial charge in [0.05, 0.1) is 14.2 Å². The number of aryl methyl sites for hydroxylation is 1. The number of nitrogens with zero attached hydrogens (tertiary/aromatic N) is 1. The molecule has 3 N–H and O–H groups in total. The van der Waals surface area contributed by atoms with E-state index in [4.69, 9.17) is 9.26 Å². The lowest BCUT2D eigenvalue weighted by atomic mass is 10.1. The lowest BCUT2D eigenvalue weighted by Crippen LogP contribution is -3.11. The Hall–Kier alpha value is -3.65. The van der Waals surface area contributed by atoms with Crippen LogP contribution in [0.2, 0.25) is 0 Å². The van der Waals surface area contributed by atoms with Gasteiger partial charge < -0.3 is 19.5 Å². The summed E-state index contributed by atoms with van der Waals surface area (Å²) in [6.45, 7) is 2.25. The second-order valence-corrected chi connectivity index (χ2v) is 7.08. The van der Waals surface area contributed by atoms with E-state index >= 15 is 0 Å². The summed E-state index contributed by atoms with van der Waals surface area (Å²) in [5.41, 5.74) is 3.34. The predicted octanol–water partition coefficient (Wildman–Crippen LogP) is 1.75. The molecule has 1 atom stereocenters. The van der Waals surface area contributed by atoms with Crippen LogP contribution in [0.25, 0.3) is 11.3 Å². The van der Waals surface area contributed by atoms with Crippen LogP contribution in [-0.4, -0.2) is 44.2 Å². The number of ether oxygens (including phenoxy) is 1. The Morgan fingerprint density at radius 2 is 1.73 bits per heavy atom. The molecule has 156 valence electrons. The number of methoxy groups -OCH3 is 1. The quantitative estimate of drug-likeness (QED) is 0.527. The zero-order valence-corrected chi connectivity index (χ0v) is 17.2. The van der Waals surface area contributed by atoms with Crippen molar-refractivity contribution in [3.63, 3.8) is 0 Å². The van der Waals surface area contributed by atoms with Gasteiger partial charge in [-0.1, -0.05) is 41.1 Å². The van der Waals surface area contributed by atoms with Crippen LogP contribution in [0.15, 0.2) is 59.1 Å². The molecule has 1 unspecified atom stereocenters. The second-order valence-electron chi connectivity index (χ2n) is 7.08. The van der Waals surface area contributed by atoms with Crippen molar-refractivity contribution in [1.82, 2.24) is 5.16 Å². The number of anilines is 2. The average Bonchev–Trinajstić information content (AvgIpc) is 3.16. The molecule has 8 heteroatoms. The van der Waals surface area contributed by atoms with Crippen molar-refractivity contribution >= 4 is 23.4 Å². The topological polar surface area (TPSA) is 97.9 Å². The Bertz CT molecular complexity index is 1010. The number of nitrogens with one attached hydrogen (secondary N) is 3. The van der Waals surface area contributed by atoms with Gasteiger partial charge >= 0.3 is 0 Å². The summed E-state index contributed by atoms with van der Waals surface area (Å²) in [5.74, 6) is 0.456. The molecule has 3 rings (SSSR count). The Morgan fingerprint density at radius 1 is 1.03 bits per heavy atom. The summed E-state index contributed by atoms with van der Waals surface area (Å²) in [6.07, 6.45) is 0. The van der Waals surface area contributed by atoms with Crippen molar-refractivity contribution < 1.29 is 23.7 Å². The largest absolute Gasteiger partial charge is 0.497 e. The lowest BCUT2D eigenvalue weighted by Gasteiger charge is -2.13. The first-order valence-electron chi connectivity index (χ1n) is 9.52. The maximum Gasteiger partial charge on any atom is 0.281 e. The Labute approximate surface area is 174 Å². The summed E-state index contributed by atoms with van der Waals surface area (Å²) in [4.78, 5) is 25.2. The van der Waals surface area contributed by atoms with E-state index in [0.29, 0.717) is 17.1 Å². The Balaban J connectivity index is 1.48. The zero-order chi connectivity index (χ0) is 21.5. The highest BCUT2D eigenvalue weighted by atomic mass is 16.5. The third-order valence-electron chi connectivity index (χ3n) is 4.40. The molecular weight excluding hydrogens is 384 g/mol. The van der Waals surface area contributed by atoms with Crippen molar-refractivity contribution in [2.45, 2.75) is 6.92 Å².